The topological polar surface area (TPSA) is 224 Å². The van der Waals surface area contributed by atoms with Crippen LogP contribution in [0.15, 0.2) is 114 Å². The molecule has 2 atom stereocenters. The molecule has 27 heteroatoms. The second kappa shape index (κ2) is 30.9. The highest BCUT2D eigenvalue weighted by molar-refractivity contribution is 7.78. The number of isothiocyanates is 1. The van der Waals surface area contributed by atoms with Crippen molar-refractivity contribution >= 4 is 86.7 Å². The van der Waals surface area contributed by atoms with Gasteiger partial charge in [0.25, 0.3) is 0 Å². The van der Waals surface area contributed by atoms with E-state index in [2.05, 4.69) is 58.7 Å². The average molecular weight is 1240 g/mol. The minimum absolute atomic E-state index is 0. The SMILES string of the molecule is C.C.C.CNc1ccc(Oc2ccnc(NC(=O)C3CCCCN3C(=O)OC(C)(C)C)c2)cc1N.Cn1c(Nc2cc(C(F)(F)F)ccc2F)nc2cc(Oc3ccnc(NC(=O)C4CCCCN4)c3)ccc21.Fc1ccc(C(F)(F)F)cc1N=C=S. The van der Waals surface area contributed by atoms with Crippen molar-refractivity contribution < 1.29 is 63.7 Å². The summed E-state index contributed by atoms with van der Waals surface area (Å²) in [6, 6.07) is 20.1. The van der Waals surface area contributed by atoms with Crippen molar-refractivity contribution in [2.24, 2.45) is 12.0 Å². The van der Waals surface area contributed by atoms with E-state index in [1.54, 1.807) is 105 Å². The summed E-state index contributed by atoms with van der Waals surface area (Å²) in [5.74, 6) is 0.619. The Bertz CT molecular complexity index is 3530. The zero-order valence-electron chi connectivity index (χ0n) is 45.8. The van der Waals surface area contributed by atoms with E-state index in [-0.39, 0.29) is 51.8 Å². The Morgan fingerprint density at radius 1 is 0.713 bits per heavy atom. The minimum Gasteiger partial charge on any atom is -0.457 e. The second-order valence-electron chi connectivity index (χ2n) is 20.0. The maximum absolute atomic E-state index is 14.2. The third-order valence-electron chi connectivity index (χ3n) is 12.6. The number of piperidine rings is 2. The molecular formula is C60H70F8N12O6S. The van der Waals surface area contributed by atoms with E-state index < -0.39 is 58.5 Å². The number of aliphatic imine (C=N–C) groups is 1. The van der Waals surface area contributed by atoms with Gasteiger partial charge in [0, 0.05) is 57.3 Å². The normalized spacial score (nSPS) is 14.7. The lowest BCUT2D eigenvalue weighted by molar-refractivity contribution is -0.138. The van der Waals surface area contributed by atoms with Crippen LogP contribution in [-0.4, -0.2) is 85.3 Å². The molecule has 2 aliphatic heterocycles. The van der Waals surface area contributed by atoms with Gasteiger partial charge in [0.05, 0.1) is 50.4 Å². The first-order valence-electron chi connectivity index (χ1n) is 26.0. The zero-order valence-corrected chi connectivity index (χ0v) is 46.7. The number of alkyl halides is 6. The maximum Gasteiger partial charge on any atom is 0.416 e. The van der Waals surface area contributed by atoms with Gasteiger partial charge in [-0.2, -0.15) is 31.3 Å². The van der Waals surface area contributed by atoms with Crippen molar-refractivity contribution in [3.63, 3.8) is 0 Å². The van der Waals surface area contributed by atoms with E-state index in [1.165, 1.54) is 11.1 Å². The van der Waals surface area contributed by atoms with Crippen molar-refractivity contribution in [1.82, 2.24) is 29.7 Å². The van der Waals surface area contributed by atoms with E-state index in [0.717, 1.165) is 50.4 Å². The Balaban J connectivity index is 0.000000300. The molecule has 87 heavy (non-hydrogen) atoms. The number of aryl methyl sites for hydroxylation is 1. The van der Waals surface area contributed by atoms with Crippen LogP contribution in [0.3, 0.4) is 0 Å². The molecule has 0 aliphatic carbocycles. The summed E-state index contributed by atoms with van der Waals surface area (Å²) >= 11 is 4.17. The van der Waals surface area contributed by atoms with Crippen molar-refractivity contribution in [3.8, 4) is 23.0 Å². The predicted molar refractivity (Wildman–Crippen MR) is 324 cm³/mol. The molecule has 0 spiro atoms. The summed E-state index contributed by atoms with van der Waals surface area (Å²) in [4.78, 5) is 55.5. The van der Waals surface area contributed by atoms with Gasteiger partial charge in [0.2, 0.25) is 17.8 Å². The van der Waals surface area contributed by atoms with Gasteiger partial charge < -0.3 is 51.1 Å². The van der Waals surface area contributed by atoms with Gasteiger partial charge in [-0.3, -0.25) is 14.5 Å². The van der Waals surface area contributed by atoms with E-state index in [4.69, 9.17) is 19.9 Å². The zero-order chi connectivity index (χ0) is 60.9. The van der Waals surface area contributed by atoms with Crippen LogP contribution in [0.5, 0.6) is 23.0 Å². The largest absolute Gasteiger partial charge is 0.457 e. The first-order chi connectivity index (χ1) is 39.8. The summed E-state index contributed by atoms with van der Waals surface area (Å²) in [5, 5.41) is 16.2. The summed E-state index contributed by atoms with van der Waals surface area (Å²) in [7, 11) is 3.45. The molecule has 2 unspecified atom stereocenters. The number of nitrogens with one attached hydrogen (secondary N) is 5. The highest BCUT2D eigenvalue weighted by Crippen LogP contribution is 2.36. The van der Waals surface area contributed by atoms with Crippen LogP contribution in [0.25, 0.3) is 11.0 Å². The number of benzene rings is 4. The van der Waals surface area contributed by atoms with Gasteiger partial charge in [-0.25, -0.2) is 28.5 Å². The van der Waals surface area contributed by atoms with Gasteiger partial charge in [-0.15, -0.1) is 0 Å². The lowest BCUT2D eigenvalue weighted by Crippen LogP contribution is -2.51. The molecule has 18 nitrogen and oxygen atoms in total. The molecule has 4 aromatic carbocycles. The fraction of sp³-hybridized carbons (Fsp3) is 0.350. The number of anilines is 6. The Labute approximate surface area is 504 Å². The number of fused-ring (bicyclic) bond motifs is 1. The molecule has 2 aliphatic rings. The van der Waals surface area contributed by atoms with Gasteiger partial charge in [0.1, 0.15) is 63.6 Å². The number of hydrogen-bond acceptors (Lipinski definition) is 15. The number of aromatic nitrogens is 4. The Kier molecular flexibility index (Phi) is 25.1. The number of pyridine rings is 2. The number of nitrogens with zero attached hydrogens (tertiary/aromatic N) is 6. The van der Waals surface area contributed by atoms with E-state index in [9.17, 15) is 49.5 Å². The lowest BCUT2D eigenvalue weighted by atomic mass is 10.0. The Hall–Kier alpha value is -8.94. The van der Waals surface area contributed by atoms with Gasteiger partial charge in [-0.1, -0.05) is 28.7 Å². The molecule has 2 fully saturated rings. The lowest BCUT2D eigenvalue weighted by Gasteiger charge is -2.35. The number of nitrogens with two attached hydrogens (primary N) is 1. The van der Waals surface area contributed by atoms with Crippen molar-refractivity contribution in [1.29, 1.82) is 0 Å². The van der Waals surface area contributed by atoms with Crippen LogP contribution in [0, 0.1) is 11.6 Å². The van der Waals surface area contributed by atoms with E-state index in [1.807, 2.05) is 6.07 Å². The van der Waals surface area contributed by atoms with Gasteiger partial charge in [-0.05, 0) is 144 Å². The molecule has 5 heterocycles. The highest BCUT2D eigenvalue weighted by atomic mass is 32.1. The third-order valence-corrected chi connectivity index (χ3v) is 12.7. The molecule has 0 saturated carbocycles. The number of carbonyl (C=O) groups excluding carboxylic acids is 3. The Morgan fingerprint density at radius 2 is 1.29 bits per heavy atom. The number of nitrogen functional groups attached to an aromatic ring is 1. The van der Waals surface area contributed by atoms with Gasteiger partial charge >= 0.3 is 18.4 Å². The molecule has 7 aromatic rings. The Morgan fingerprint density at radius 3 is 1.86 bits per heavy atom. The fourth-order valence-electron chi connectivity index (χ4n) is 8.53. The van der Waals surface area contributed by atoms with Gasteiger partial charge in [0.15, 0.2) is 0 Å². The number of hydrogen-bond donors (Lipinski definition) is 6. The smallest absolute Gasteiger partial charge is 0.416 e. The van der Waals surface area contributed by atoms with Crippen molar-refractivity contribution in [3.05, 3.63) is 132 Å². The average Bonchev–Trinajstić information content (AvgIpc) is 2.11. The van der Waals surface area contributed by atoms with Crippen LogP contribution in [0.4, 0.5) is 80.3 Å². The molecule has 468 valence electrons. The number of imidazole rings is 1. The van der Waals surface area contributed by atoms with Crippen molar-refractivity contribution in [2.45, 2.75) is 112 Å². The number of ether oxygens (including phenoxy) is 3. The van der Waals surface area contributed by atoms with Crippen LogP contribution in [-0.2, 0) is 33.7 Å². The number of rotatable bonds is 12. The minimum atomic E-state index is -4.61. The maximum atomic E-state index is 14.2. The number of likely N-dealkylation sites (tertiary alicyclic amines) is 1. The molecular weight excluding hydrogens is 1170 g/mol. The summed E-state index contributed by atoms with van der Waals surface area (Å²) in [5.41, 5.74) is 5.10. The summed E-state index contributed by atoms with van der Waals surface area (Å²) in [6.07, 6.45) is -1.47. The summed E-state index contributed by atoms with van der Waals surface area (Å²) < 4.78 is 121. The molecule has 0 bridgehead atoms. The monoisotopic (exact) mass is 1240 g/mol. The molecule has 3 amide bonds. The number of halogens is 8. The molecule has 2 saturated heterocycles. The first-order valence-corrected chi connectivity index (χ1v) is 26.4. The molecule has 3 aromatic heterocycles. The van der Waals surface area contributed by atoms with E-state index in [0.29, 0.717) is 94.7 Å². The van der Waals surface area contributed by atoms with Crippen LogP contribution < -0.4 is 41.8 Å². The van der Waals surface area contributed by atoms with Crippen LogP contribution >= 0.6 is 12.2 Å². The second-order valence-corrected chi connectivity index (χ2v) is 20.1. The highest BCUT2D eigenvalue weighted by Gasteiger charge is 2.36. The van der Waals surface area contributed by atoms with Crippen molar-refractivity contribution in [2.75, 3.05) is 47.1 Å². The standard InChI is InChI=1S/C26H24F4N6O2.C23H31N5O4.C8H3F4NS.3CH4/c1-36-22-8-6-16(38-17-9-11-32-23(14-17)35-24(37)19-4-2-3-10-31-19)13-21(22)34-25(36)33-20-12-15(26(28,29)30)5-7-18(20)27;1-23(2,3)32-22(30)28-12-6-5-7-19(28)21(29)27-20-14-16(10-11-26-20)31-15-8-9-18(25-4)17(24)13-15;9-6-2-1-5(8(10,11)12)3-7(6)13-4-14;;;/h5-9,11-14,19,31H,2-4,10H2,1H3,(H,33,34)(H,32,35,37);8-11,13-14,19,25H,5-7,12,24H2,1-4H3,(H,26,27,29);1-3H;3*1H4. The fourth-order valence-corrected chi connectivity index (χ4v) is 8.63. The predicted octanol–water partition coefficient (Wildman–Crippen LogP) is 15.5. The van der Waals surface area contributed by atoms with Crippen LogP contribution in [0.1, 0.15) is 92.7 Å². The first kappa shape index (κ1) is 70.5. The quantitative estimate of drug-likeness (QED) is 0.0290. The van der Waals surface area contributed by atoms with E-state index >= 15 is 0 Å². The summed E-state index contributed by atoms with van der Waals surface area (Å²) in [6.45, 7) is 6.70. The third kappa shape index (κ3) is 19.8. The van der Waals surface area contributed by atoms with Crippen LogP contribution in [0.2, 0.25) is 0 Å². The molecule has 0 radical (unpaired) electrons. The molecule has 7 N–H and O–H groups in total. The molecule has 9 rings (SSSR count). The number of amides is 3. The number of carbonyl (C=O) groups is 3. The number of thiocarbonyl (C=S) groups is 1.